The van der Waals surface area contributed by atoms with Gasteiger partial charge in [0.05, 0.1) is 24.2 Å². The summed E-state index contributed by atoms with van der Waals surface area (Å²) in [6.45, 7) is 1.44. The molecule has 6 heteroatoms. The number of carbonyl (C=O) groups is 1. The SMILES string of the molecule is COC(=O)c1cc(C(F)F)c(C)nc1CCl. The fourth-order valence-electron chi connectivity index (χ4n) is 1.28. The molecule has 0 bridgehead atoms. The van der Waals surface area contributed by atoms with E-state index in [1.807, 2.05) is 0 Å². The molecule has 3 nitrogen and oxygen atoms in total. The summed E-state index contributed by atoms with van der Waals surface area (Å²) in [6, 6.07) is 1.08. The van der Waals surface area contributed by atoms with Crippen LogP contribution >= 0.6 is 11.6 Å². The van der Waals surface area contributed by atoms with Crippen LogP contribution in [0.3, 0.4) is 0 Å². The highest BCUT2D eigenvalue weighted by Crippen LogP contribution is 2.24. The second kappa shape index (κ2) is 5.21. The molecule has 1 aromatic heterocycles. The predicted octanol–water partition coefficient (Wildman–Crippen LogP) is 2.85. The van der Waals surface area contributed by atoms with Crippen LogP contribution in [0, 0.1) is 6.92 Å². The van der Waals surface area contributed by atoms with Gasteiger partial charge in [-0.1, -0.05) is 0 Å². The molecule has 1 aromatic rings. The first-order valence-corrected chi connectivity index (χ1v) is 4.97. The zero-order valence-electron chi connectivity index (χ0n) is 8.76. The summed E-state index contributed by atoms with van der Waals surface area (Å²) in [5.74, 6) is -0.750. The van der Waals surface area contributed by atoms with Crippen molar-refractivity contribution in [3.8, 4) is 0 Å². The van der Waals surface area contributed by atoms with Gasteiger partial charge in [-0.3, -0.25) is 4.98 Å². The molecule has 0 aliphatic heterocycles. The van der Waals surface area contributed by atoms with Gasteiger partial charge in [0.25, 0.3) is 6.43 Å². The summed E-state index contributed by atoms with van der Waals surface area (Å²) in [7, 11) is 1.17. The van der Waals surface area contributed by atoms with Gasteiger partial charge < -0.3 is 4.74 Å². The van der Waals surface area contributed by atoms with Crippen molar-refractivity contribution in [2.24, 2.45) is 0 Å². The Balaban J connectivity index is 3.34. The minimum absolute atomic E-state index is 0.0154. The fourth-order valence-corrected chi connectivity index (χ4v) is 1.48. The number of pyridine rings is 1. The number of aromatic nitrogens is 1. The fraction of sp³-hybridized carbons (Fsp3) is 0.400. The molecular formula is C10H10ClF2NO2. The molecule has 16 heavy (non-hydrogen) atoms. The van der Waals surface area contributed by atoms with Gasteiger partial charge in [-0.25, -0.2) is 13.6 Å². The van der Waals surface area contributed by atoms with Gasteiger partial charge >= 0.3 is 5.97 Å². The van der Waals surface area contributed by atoms with E-state index in [9.17, 15) is 13.6 Å². The van der Waals surface area contributed by atoms with Crippen LogP contribution in [-0.4, -0.2) is 18.1 Å². The summed E-state index contributed by atoms with van der Waals surface area (Å²) < 4.78 is 29.6. The number of ether oxygens (including phenoxy) is 1. The molecule has 0 amide bonds. The first kappa shape index (κ1) is 12.8. The Hall–Kier alpha value is -1.23. The van der Waals surface area contributed by atoms with Gasteiger partial charge in [-0.2, -0.15) is 0 Å². The van der Waals surface area contributed by atoms with E-state index in [4.69, 9.17) is 11.6 Å². The van der Waals surface area contributed by atoms with Crippen LogP contribution in [0.1, 0.15) is 33.7 Å². The van der Waals surface area contributed by atoms with E-state index in [0.717, 1.165) is 6.07 Å². The predicted molar refractivity (Wildman–Crippen MR) is 54.8 cm³/mol. The van der Waals surface area contributed by atoms with Crippen LogP contribution in [0.2, 0.25) is 0 Å². The zero-order chi connectivity index (χ0) is 12.3. The lowest BCUT2D eigenvalue weighted by Gasteiger charge is -2.10. The summed E-state index contributed by atoms with van der Waals surface area (Å²) in [5, 5.41) is 0. The number of alkyl halides is 3. The number of halogens is 3. The van der Waals surface area contributed by atoms with Gasteiger partial charge in [0.15, 0.2) is 0 Å². The Labute approximate surface area is 96.4 Å². The summed E-state index contributed by atoms with van der Waals surface area (Å²) in [4.78, 5) is 15.2. The normalized spacial score (nSPS) is 10.6. The van der Waals surface area contributed by atoms with E-state index in [-0.39, 0.29) is 28.4 Å². The Kier molecular flexibility index (Phi) is 4.18. The van der Waals surface area contributed by atoms with Crippen LogP contribution < -0.4 is 0 Å². The maximum Gasteiger partial charge on any atom is 0.339 e. The van der Waals surface area contributed by atoms with Crippen molar-refractivity contribution in [3.05, 3.63) is 28.6 Å². The highest BCUT2D eigenvalue weighted by molar-refractivity contribution is 6.17. The van der Waals surface area contributed by atoms with E-state index < -0.39 is 12.4 Å². The first-order chi connectivity index (χ1) is 7.51. The number of aryl methyl sites for hydroxylation is 1. The molecular weight excluding hydrogens is 240 g/mol. The maximum atomic E-state index is 12.6. The molecule has 0 atom stereocenters. The minimum atomic E-state index is -2.68. The van der Waals surface area contributed by atoms with Crippen molar-refractivity contribution in [3.63, 3.8) is 0 Å². The standard InChI is InChI=1S/C10H10ClF2NO2/c1-5-6(9(12)13)3-7(10(15)16-2)8(4-11)14-5/h3,9H,4H2,1-2H3. The second-order valence-electron chi connectivity index (χ2n) is 3.08. The molecule has 0 aliphatic rings. The number of methoxy groups -OCH3 is 1. The van der Waals surface area contributed by atoms with Crippen LogP contribution in [-0.2, 0) is 10.6 Å². The summed E-state index contributed by atoms with van der Waals surface area (Å²) in [5.41, 5.74) is 0.112. The number of esters is 1. The lowest BCUT2D eigenvalue weighted by molar-refractivity contribution is 0.0598. The number of carbonyl (C=O) groups excluding carboxylic acids is 1. The largest absolute Gasteiger partial charge is 0.465 e. The monoisotopic (exact) mass is 249 g/mol. The molecule has 0 fully saturated rings. The lowest BCUT2D eigenvalue weighted by atomic mass is 10.1. The first-order valence-electron chi connectivity index (χ1n) is 4.44. The maximum absolute atomic E-state index is 12.6. The highest BCUT2D eigenvalue weighted by Gasteiger charge is 2.19. The number of nitrogens with zero attached hydrogens (tertiary/aromatic N) is 1. The van der Waals surface area contributed by atoms with E-state index in [2.05, 4.69) is 9.72 Å². The van der Waals surface area contributed by atoms with Crippen molar-refractivity contribution in [1.29, 1.82) is 0 Å². The average Bonchev–Trinajstić information content (AvgIpc) is 2.27. The van der Waals surface area contributed by atoms with Crippen LogP contribution in [0.15, 0.2) is 6.07 Å². The Morgan fingerprint density at radius 3 is 2.69 bits per heavy atom. The Morgan fingerprint density at radius 1 is 1.62 bits per heavy atom. The average molecular weight is 250 g/mol. The molecule has 0 spiro atoms. The molecule has 0 aliphatic carbocycles. The van der Waals surface area contributed by atoms with Crippen molar-refractivity contribution in [2.75, 3.05) is 7.11 Å². The Bertz CT molecular complexity index is 410. The molecule has 1 heterocycles. The van der Waals surface area contributed by atoms with E-state index in [1.54, 1.807) is 0 Å². The van der Waals surface area contributed by atoms with Crippen LogP contribution in [0.4, 0.5) is 8.78 Å². The van der Waals surface area contributed by atoms with E-state index >= 15 is 0 Å². The minimum Gasteiger partial charge on any atom is -0.465 e. The van der Waals surface area contributed by atoms with Crippen LogP contribution in [0.5, 0.6) is 0 Å². The van der Waals surface area contributed by atoms with Crippen molar-refractivity contribution in [1.82, 2.24) is 4.98 Å². The van der Waals surface area contributed by atoms with Gasteiger partial charge in [0.2, 0.25) is 0 Å². The number of rotatable bonds is 3. The summed E-state index contributed by atoms with van der Waals surface area (Å²) >= 11 is 5.58. The van der Waals surface area contributed by atoms with Gasteiger partial charge in [0.1, 0.15) is 0 Å². The van der Waals surface area contributed by atoms with Gasteiger partial charge in [0, 0.05) is 11.3 Å². The molecule has 0 N–H and O–H groups in total. The molecule has 0 saturated carbocycles. The van der Waals surface area contributed by atoms with Gasteiger partial charge in [-0.05, 0) is 13.0 Å². The molecule has 0 radical (unpaired) electrons. The van der Waals surface area contributed by atoms with Crippen molar-refractivity contribution >= 4 is 17.6 Å². The highest BCUT2D eigenvalue weighted by atomic mass is 35.5. The summed E-state index contributed by atoms with van der Waals surface area (Å²) in [6.07, 6.45) is -2.68. The molecule has 0 saturated heterocycles. The van der Waals surface area contributed by atoms with Crippen molar-refractivity contribution < 1.29 is 18.3 Å². The number of hydrogen-bond donors (Lipinski definition) is 0. The van der Waals surface area contributed by atoms with E-state index in [1.165, 1.54) is 14.0 Å². The lowest BCUT2D eigenvalue weighted by Crippen LogP contribution is -2.10. The third kappa shape index (κ3) is 2.47. The molecule has 0 unspecified atom stereocenters. The number of hydrogen-bond acceptors (Lipinski definition) is 3. The smallest absolute Gasteiger partial charge is 0.339 e. The molecule has 1 rings (SSSR count). The second-order valence-corrected chi connectivity index (χ2v) is 3.35. The quantitative estimate of drug-likeness (QED) is 0.611. The Morgan fingerprint density at radius 2 is 2.25 bits per heavy atom. The molecule has 0 aromatic carbocycles. The third-order valence-corrected chi connectivity index (χ3v) is 2.35. The van der Waals surface area contributed by atoms with Crippen LogP contribution in [0.25, 0.3) is 0 Å². The topological polar surface area (TPSA) is 39.2 Å². The van der Waals surface area contributed by atoms with Gasteiger partial charge in [-0.15, -0.1) is 11.6 Å². The van der Waals surface area contributed by atoms with E-state index in [0.29, 0.717) is 0 Å². The molecule has 88 valence electrons. The van der Waals surface area contributed by atoms with Crippen molar-refractivity contribution in [2.45, 2.75) is 19.2 Å². The zero-order valence-corrected chi connectivity index (χ0v) is 9.52. The third-order valence-electron chi connectivity index (χ3n) is 2.10.